The molecule has 0 saturated carbocycles. The molecule has 2 heteroatoms. The molecular weight excluding hydrogens is 100 g/mol. The monoisotopic (exact) mass is 108 g/mol. The smallest absolute Gasteiger partial charge is 0.0445 e. The van der Waals surface area contributed by atoms with Crippen LogP contribution in [0.1, 0.15) is 6.42 Å². The van der Waals surface area contributed by atoms with E-state index in [1.807, 2.05) is 0 Å². The van der Waals surface area contributed by atoms with E-state index in [2.05, 4.69) is 11.6 Å². The molecule has 1 aliphatic heterocycles. The van der Waals surface area contributed by atoms with E-state index in [0.717, 1.165) is 18.5 Å². The highest BCUT2D eigenvalue weighted by Crippen LogP contribution is 2.00. The number of allylic oxidation sites excluding steroid dienone is 1. The molecule has 1 heterocycles. The normalized spacial score (nSPS) is 19.5. The number of hydrogen-bond donors (Lipinski definition) is 1. The molecule has 2 nitrogen and oxygen atoms in total. The molecule has 0 radical (unpaired) electrons. The van der Waals surface area contributed by atoms with Gasteiger partial charge in [0.25, 0.3) is 0 Å². The van der Waals surface area contributed by atoms with Crippen molar-refractivity contribution in [1.29, 1.82) is 5.41 Å². The topological polar surface area (TPSA) is 36.2 Å². The van der Waals surface area contributed by atoms with Gasteiger partial charge in [0.2, 0.25) is 0 Å². The first-order valence-electron chi connectivity index (χ1n) is 2.57. The molecular formula is C6H8N2. The van der Waals surface area contributed by atoms with Crippen molar-refractivity contribution >= 4 is 11.9 Å². The predicted molar refractivity (Wildman–Crippen MR) is 34.8 cm³/mol. The van der Waals surface area contributed by atoms with Gasteiger partial charge in [-0.2, -0.15) is 0 Å². The minimum Gasteiger partial charge on any atom is -0.305 e. The van der Waals surface area contributed by atoms with Crippen LogP contribution in [0, 0.1) is 5.41 Å². The van der Waals surface area contributed by atoms with Crippen molar-refractivity contribution in [3.05, 3.63) is 12.2 Å². The predicted octanol–water partition coefficient (Wildman–Crippen LogP) is 1.04. The van der Waals surface area contributed by atoms with Crippen LogP contribution in [0.5, 0.6) is 0 Å². The summed E-state index contributed by atoms with van der Waals surface area (Å²) in [6, 6.07) is 0. The number of hydrogen-bond acceptors (Lipinski definition) is 2. The largest absolute Gasteiger partial charge is 0.305 e. The fourth-order valence-electron chi connectivity index (χ4n) is 0.590. The Bertz CT molecular complexity index is 156. The Morgan fingerprint density at radius 2 is 2.50 bits per heavy atom. The van der Waals surface area contributed by atoms with Crippen molar-refractivity contribution in [2.45, 2.75) is 6.42 Å². The lowest BCUT2D eigenvalue weighted by Gasteiger charge is -2.04. The molecule has 0 unspecified atom stereocenters. The molecule has 0 aliphatic carbocycles. The van der Waals surface area contributed by atoms with Gasteiger partial charge in [-0.1, -0.05) is 6.58 Å². The van der Waals surface area contributed by atoms with E-state index in [4.69, 9.17) is 5.41 Å². The molecule has 0 saturated heterocycles. The van der Waals surface area contributed by atoms with E-state index in [-0.39, 0.29) is 0 Å². The van der Waals surface area contributed by atoms with Crippen LogP contribution in [0.15, 0.2) is 17.1 Å². The first kappa shape index (κ1) is 5.22. The van der Waals surface area contributed by atoms with Crippen LogP contribution < -0.4 is 0 Å². The van der Waals surface area contributed by atoms with Gasteiger partial charge in [0, 0.05) is 30.5 Å². The average Bonchev–Trinajstić information content (AvgIpc) is 1.77. The Labute approximate surface area is 48.4 Å². The number of aliphatic imine (C=N–C) groups is 1. The van der Waals surface area contributed by atoms with Crippen molar-refractivity contribution in [3.63, 3.8) is 0 Å². The van der Waals surface area contributed by atoms with Crippen LogP contribution in [0.4, 0.5) is 0 Å². The van der Waals surface area contributed by atoms with Crippen LogP contribution in [0.2, 0.25) is 0 Å². The maximum Gasteiger partial charge on any atom is 0.0445 e. The zero-order valence-electron chi connectivity index (χ0n) is 4.65. The maximum atomic E-state index is 7.20. The lowest BCUT2D eigenvalue weighted by atomic mass is 10.1. The Hall–Kier alpha value is -0.920. The van der Waals surface area contributed by atoms with Gasteiger partial charge >= 0.3 is 0 Å². The summed E-state index contributed by atoms with van der Waals surface area (Å²) in [7, 11) is 0. The number of nitrogens with zero attached hydrogens (tertiary/aromatic N) is 1. The number of rotatable bonds is 0. The SMILES string of the molecule is C=C1C=NCCC1=N. The zero-order chi connectivity index (χ0) is 5.98. The average molecular weight is 108 g/mol. The molecule has 0 aromatic rings. The third-order valence-electron chi connectivity index (χ3n) is 1.13. The second-order valence-corrected chi connectivity index (χ2v) is 1.79. The van der Waals surface area contributed by atoms with Crippen molar-refractivity contribution in [2.24, 2.45) is 4.99 Å². The van der Waals surface area contributed by atoms with Crippen LogP contribution >= 0.6 is 0 Å². The van der Waals surface area contributed by atoms with Crippen molar-refractivity contribution in [3.8, 4) is 0 Å². The summed E-state index contributed by atoms with van der Waals surface area (Å²) in [4.78, 5) is 3.94. The van der Waals surface area contributed by atoms with Crippen LogP contribution in [-0.2, 0) is 0 Å². The first-order chi connectivity index (χ1) is 3.80. The van der Waals surface area contributed by atoms with Crippen molar-refractivity contribution < 1.29 is 0 Å². The summed E-state index contributed by atoms with van der Waals surface area (Å²) in [5.74, 6) is 0. The van der Waals surface area contributed by atoms with E-state index in [9.17, 15) is 0 Å². The fourth-order valence-corrected chi connectivity index (χ4v) is 0.590. The fraction of sp³-hybridized carbons (Fsp3) is 0.333. The molecule has 1 aliphatic rings. The van der Waals surface area contributed by atoms with Crippen molar-refractivity contribution in [1.82, 2.24) is 0 Å². The van der Waals surface area contributed by atoms with Gasteiger partial charge in [0.15, 0.2) is 0 Å². The molecule has 0 atom stereocenters. The molecule has 0 amide bonds. The minimum atomic E-state index is 0.625. The van der Waals surface area contributed by atoms with Crippen LogP contribution in [0.25, 0.3) is 0 Å². The second-order valence-electron chi connectivity index (χ2n) is 1.79. The maximum absolute atomic E-state index is 7.20. The van der Waals surface area contributed by atoms with Crippen LogP contribution in [-0.4, -0.2) is 18.5 Å². The molecule has 42 valence electrons. The highest BCUT2D eigenvalue weighted by molar-refractivity contribution is 6.15. The van der Waals surface area contributed by atoms with E-state index in [0.29, 0.717) is 5.71 Å². The Morgan fingerprint density at radius 1 is 1.75 bits per heavy atom. The molecule has 0 aromatic carbocycles. The molecule has 0 spiro atoms. The molecule has 0 aromatic heterocycles. The quantitative estimate of drug-likeness (QED) is 0.481. The molecule has 0 bridgehead atoms. The molecule has 1 rings (SSSR count). The highest BCUT2D eigenvalue weighted by Gasteiger charge is 2.02. The zero-order valence-corrected chi connectivity index (χ0v) is 4.65. The lowest BCUT2D eigenvalue weighted by Crippen LogP contribution is -2.08. The summed E-state index contributed by atoms with van der Waals surface area (Å²) in [6.45, 7) is 4.38. The van der Waals surface area contributed by atoms with Gasteiger partial charge < -0.3 is 5.41 Å². The molecule has 8 heavy (non-hydrogen) atoms. The molecule has 0 fully saturated rings. The summed E-state index contributed by atoms with van der Waals surface area (Å²) >= 11 is 0. The van der Waals surface area contributed by atoms with E-state index >= 15 is 0 Å². The van der Waals surface area contributed by atoms with Crippen LogP contribution in [0.3, 0.4) is 0 Å². The minimum absolute atomic E-state index is 0.625. The standard InChI is InChI=1S/C6H8N2/c1-5-4-8-3-2-6(5)7/h4,7H,1-3H2. The van der Waals surface area contributed by atoms with Gasteiger partial charge in [-0.15, -0.1) is 0 Å². The van der Waals surface area contributed by atoms with E-state index in [1.54, 1.807) is 6.21 Å². The summed E-state index contributed by atoms with van der Waals surface area (Å²) in [5.41, 5.74) is 1.39. The molecule has 1 N–H and O–H groups in total. The van der Waals surface area contributed by atoms with Gasteiger partial charge in [-0.05, 0) is 0 Å². The number of nitrogens with one attached hydrogen (secondary N) is 1. The third kappa shape index (κ3) is 0.832. The van der Waals surface area contributed by atoms with Crippen molar-refractivity contribution in [2.75, 3.05) is 6.54 Å². The lowest BCUT2D eigenvalue weighted by molar-refractivity contribution is 1.02. The van der Waals surface area contributed by atoms with E-state index < -0.39 is 0 Å². The van der Waals surface area contributed by atoms with E-state index in [1.165, 1.54) is 0 Å². The second kappa shape index (κ2) is 1.90. The summed E-state index contributed by atoms with van der Waals surface area (Å²) in [6.07, 6.45) is 2.42. The van der Waals surface area contributed by atoms with Gasteiger partial charge in [-0.3, -0.25) is 4.99 Å². The first-order valence-corrected chi connectivity index (χ1v) is 2.57. The summed E-state index contributed by atoms with van der Waals surface area (Å²) < 4.78 is 0. The van der Waals surface area contributed by atoms with Gasteiger partial charge in [0.05, 0.1) is 0 Å². The Balaban J connectivity index is 2.75. The highest BCUT2D eigenvalue weighted by atomic mass is 14.7. The van der Waals surface area contributed by atoms with Gasteiger partial charge in [0.1, 0.15) is 0 Å². The third-order valence-corrected chi connectivity index (χ3v) is 1.13. The van der Waals surface area contributed by atoms with Gasteiger partial charge in [-0.25, -0.2) is 0 Å². The summed E-state index contributed by atoms with van der Waals surface area (Å²) in [5, 5.41) is 7.20. The Morgan fingerprint density at radius 3 is 2.88 bits per heavy atom. The Kier molecular flexibility index (Phi) is 1.24.